The zero-order valence-corrected chi connectivity index (χ0v) is 18.4. The maximum atomic E-state index is 12.9. The van der Waals surface area contributed by atoms with E-state index in [1.54, 1.807) is 37.3 Å². The molecule has 158 valence electrons. The lowest BCUT2D eigenvalue weighted by Crippen LogP contribution is -2.37. The summed E-state index contributed by atoms with van der Waals surface area (Å²) in [7, 11) is -5.74. The summed E-state index contributed by atoms with van der Waals surface area (Å²) >= 11 is 0. The van der Waals surface area contributed by atoms with E-state index in [1.807, 2.05) is 6.92 Å². The average Bonchev–Trinajstić information content (AvgIpc) is 2.66. The van der Waals surface area contributed by atoms with Crippen LogP contribution in [0.25, 0.3) is 0 Å². The van der Waals surface area contributed by atoms with E-state index < -0.39 is 20.0 Å². The number of ether oxygens (including phenoxy) is 1. The van der Waals surface area contributed by atoms with Crippen LogP contribution >= 0.6 is 0 Å². The molecule has 0 amide bonds. The van der Waals surface area contributed by atoms with Crippen molar-refractivity contribution in [3.63, 3.8) is 0 Å². The van der Waals surface area contributed by atoms with E-state index in [0.717, 1.165) is 18.4 Å². The summed E-state index contributed by atoms with van der Waals surface area (Å²) in [6.07, 6.45) is 2.03. The molecule has 0 unspecified atom stereocenters. The fourth-order valence-electron chi connectivity index (χ4n) is 3.52. The van der Waals surface area contributed by atoms with Crippen molar-refractivity contribution >= 4 is 31.4 Å². The number of hydrogen-bond donors (Lipinski definition) is 1. The SMILES string of the molecule is CCCS(=O)(=O)N1CCCc2ccc(NS(=O)(=O)c3ccc(OC)cc3C)cc21. The van der Waals surface area contributed by atoms with Gasteiger partial charge in [0.15, 0.2) is 0 Å². The van der Waals surface area contributed by atoms with Gasteiger partial charge in [0.05, 0.1) is 29.1 Å². The van der Waals surface area contributed by atoms with Crippen molar-refractivity contribution in [1.82, 2.24) is 0 Å². The van der Waals surface area contributed by atoms with Crippen LogP contribution in [0.5, 0.6) is 5.75 Å². The minimum atomic E-state index is -3.83. The standard InChI is InChI=1S/C20H26N2O5S2/c1-4-12-28(23,24)22-11-5-6-16-7-8-17(14-19(16)22)21-29(25,26)20-10-9-18(27-3)13-15(20)2/h7-10,13-14,21H,4-6,11-12H2,1-3H3. The monoisotopic (exact) mass is 438 g/mol. The van der Waals surface area contributed by atoms with Crippen LogP contribution in [-0.2, 0) is 26.5 Å². The maximum Gasteiger partial charge on any atom is 0.262 e. The third-order valence-electron chi connectivity index (χ3n) is 4.88. The molecule has 9 heteroatoms. The number of methoxy groups -OCH3 is 1. The molecular formula is C20H26N2O5S2. The molecule has 0 radical (unpaired) electrons. The van der Waals surface area contributed by atoms with E-state index in [9.17, 15) is 16.8 Å². The first-order valence-corrected chi connectivity index (χ1v) is 12.6. The average molecular weight is 439 g/mol. The van der Waals surface area contributed by atoms with Crippen molar-refractivity contribution in [3.05, 3.63) is 47.5 Å². The number of benzene rings is 2. The number of fused-ring (bicyclic) bond motifs is 1. The van der Waals surface area contributed by atoms with Gasteiger partial charge in [0.2, 0.25) is 10.0 Å². The number of aryl methyl sites for hydroxylation is 2. The van der Waals surface area contributed by atoms with Gasteiger partial charge < -0.3 is 4.74 Å². The number of hydrogen-bond acceptors (Lipinski definition) is 5. The van der Waals surface area contributed by atoms with Gasteiger partial charge in [0, 0.05) is 6.54 Å². The van der Waals surface area contributed by atoms with Gasteiger partial charge >= 0.3 is 0 Å². The Hall–Kier alpha value is -2.26. The minimum absolute atomic E-state index is 0.0629. The van der Waals surface area contributed by atoms with Crippen LogP contribution in [0.15, 0.2) is 41.3 Å². The van der Waals surface area contributed by atoms with Gasteiger partial charge in [0.1, 0.15) is 5.75 Å². The zero-order chi connectivity index (χ0) is 21.2. The fourth-order valence-corrected chi connectivity index (χ4v) is 6.41. The molecule has 0 aromatic heterocycles. The molecule has 1 heterocycles. The van der Waals surface area contributed by atoms with Crippen LogP contribution in [0.1, 0.15) is 30.9 Å². The van der Waals surface area contributed by atoms with Crippen molar-refractivity contribution in [2.45, 2.75) is 38.0 Å². The second-order valence-electron chi connectivity index (χ2n) is 7.07. The highest BCUT2D eigenvalue weighted by atomic mass is 32.2. The zero-order valence-electron chi connectivity index (χ0n) is 16.8. The Morgan fingerprint density at radius 1 is 1.10 bits per heavy atom. The Morgan fingerprint density at radius 3 is 2.52 bits per heavy atom. The van der Waals surface area contributed by atoms with Crippen LogP contribution in [0.3, 0.4) is 0 Å². The third kappa shape index (κ3) is 4.51. The number of nitrogens with zero attached hydrogens (tertiary/aromatic N) is 1. The normalized spacial score (nSPS) is 14.4. The van der Waals surface area contributed by atoms with E-state index in [0.29, 0.717) is 35.7 Å². The Kier molecular flexibility index (Phi) is 6.09. The number of sulfonamides is 2. The summed E-state index contributed by atoms with van der Waals surface area (Å²) in [5.74, 6) is 0.639. The van der Waals surface area contributed by atoms with Crippen molar-refractivity contribution in [2.24, 2.45) is 0 Å². The quantitative estimate of drug-likeness (QED) is 0.716. The molecule has 1 aliphatic rings. The van der Waals surface area contributed by atoms with Gasteiger partial charge in [-0.3, -0.25) is 9.03 Å². The summed E-state index contributed by atoms with van der Waals surface area (Å²) in [5.41, 5.74) is 2.34. The Bertz CT molecular complexity index is 1110. The van der Waals surface area contributed by atoms with Gasteiger partial charge in [-0.15, -0.1) is 0 Å². The molecule has 2 aromatic rings. The largest absolute Gasteiger partial charge is 0.497 e. The van der Waals surface area contributed by atoms with Crippen LogP contribution < -0.4 is 13.8 Å². The summed E-state index contributed by atoms with van der Waals surface area (Å²) in [6, 6.07) is 9.81. The molecule has 3 rings (SSSR count). The van der Waals surface area contributed by atoms with E-state index in [-0.39, 0.29) is 10.6 Å². The van der Waals surface area contributed by atoms with Crippen LogP contribution in [-0.4, -0.2) is 36.2 Å². The van der Waals surface area contributed by atoms with Crippen LogP contribution in [0.2, 0.25) is 0 Å². The second-order valence-corrected chi connectivity index (χ2v) is 10.7. The summed E-state index contributed by atoms with van der Waals surface area (Å²) < 4.78 is 60.2. The highest BCUT2D eigenvalue weighted by molar-refractivity contribution is 7.93. The molecule has 0 spiro atoms. The van der Waals surface area contributed by atoms with Crippen molar-refractivity contribution in [1.29, 1.82) is 0 Å². The first-order valence-electron chi connectivity index (χ1n) is 9.49. The lowest BCUT2D eigenvalue weighted by atomic mass is 10.0. The van der Waals surface area contributed by atoms with E-state index >= 15 is 0 Å². The number of rotatable bonds is 7. The molecule has 1 N–H and O–H groups in total. The number of anilines is 2. The predicted molar refractivity (Wildman–Crippen MR) is 115 cm³/mol. The van der Waals surface area contributed by atoms with Gasteiger partial charge in [-0.25, -0.2) is 16.8 Å². The molecule has 0 saturated carbocycles. The van der Waals surface area contributed by atoms with Gasteiger partial charge in [-0.05, 0) is 67.6 Å². The molecule has 0 atom stereocenters. The minimum Gasteiger partial charge on any atom is -0.497 e. The summed E-state index contributed by atoms with van der Waals surface area (Å²) in [5, 5.41) is 0. The molecule has 0 bridgehead atoms. The molecular weight excluding hydrogens is 412 g/mol. The van der Waals surface area contributed by atoms with Gasteiger partial charge in [-0.1, -0.05) is 13.0 Å². The van der Waals surface area contributed by atoms with Gasteiger partial charge in [-0.2, -0.15) is 0 Å². The highest BCUT2D eigenvalue weighted by Gasteiger charge is 2.27. The first-order chi connectivity index (χ1) is 13.7. The number of nitrogens with one attached hydrogen (secondary N) is 1. The molecule has 0 saturated heterocycles. The van der Waals surface area contributed by atoms with Crippen LogP contribution in [0.4, 0.5) is 11.4 Å². The van der Waals surface area contributed by atoms with E-state index in [4.69, 9.17) is 4.74 Å². The van der Waals surface area contributed by atoms with E-state index in [1.165, 1.54) is 17.5 Å². The van der Waals surface area contributed by atoms with Gasteiger partial charge in [0.25, 0.3) is 10.0 Å². The Labute approximate surface area is 172 Å². The van der Waals surface area contributed by atoms with Crippen molar-refractivity contribution in [3.8, 4) is 5.75 Å². The predicted octanol–water partition coefficient (Wildman–Crippen LogP) is 3.30. The summed E-state index contributed by atoms with van der Waals surface area (Å²) in [6.45, 7) is 3.93. The Balaban J connectivity index is 1.95. The molecule has 0 fully saturated rings. The maximum absolute atomic E-state index is 12.9. The van der Waals surface area contributed by atoms with Crippen molar-refractivity contribution < 1.29 is 21.6 Å². The third-order valence-corrected chi connectivity index (χ3v) is 8.40. The molecule has 29 heavy (non-hydrogen) atoms. The topological polar surface area (TPSA) is 92.8 Å². The smallest absolute Gasteiger partial charge is 0.262 e. The molecule has 7 nitrogen and oxygen atoms in total. The van der Waals surface area contributed by atoms with Crippen LogP contribution in [0, 0.1) is 6.92 Å². The first kappa shape index (κ1) is 21.4. The Morgan fingerprint density at radius 2 is 1.86 bits per heavy atom. The molecule has 0 aliphatic carbocycles. The summed E-state index contributed by atoms with van der Waals surface area (Å²) in [4.78, 5) is 0.145. The molecule has 1 aliphatic heterocycles. The lowest BCUT2D eigenvalue weighted by Gasteiger charge is -2.31. The fraction of sp³-hybridized carbons (Fsp3) is 0.400. The highest BCUT2D eigenvalue weighted by Crippen LogP contribution is 2.33. The molecule has 2 aromatic carbocycles. The second kappa shape index (κ2) is 8.23. The van der Waals surface area contributed by atoms with Crippen molar-refractivity contribution in [2.75, 3.05) is 28.4 Å². The lowest BCUT2D eigenvalue weighted by molar-refractivity contribution is 0.414. The van der Waals surface area contributed by atoms with E-state index in [2.05, 4.69) is 4.72 Å².